The average Bonchev–Trinajstić information content (AvgIpc) is 3.15. The first kappa shape index (κ1) is 22.7. The number of nitrogens with one attached hydrogen (secondary N) is 2. The molecule has 0 bridgehead atoms. The molecule has 1 saturated heterocycles. The number of nitrogens with zero attached hydrogens (tertiary/aromatic N) is 2. The third-order valence-corrected chi connectivity index (χ3v) is 5.14. The second-order valence-electron chi connectivity index (χ2n) is 6.84. The average molecular weight is 503 g/mol. The Bertz CT molecular complexity index is 956. The fourth-order valence-electron chi connectivity index (χ4n) is 3.15. The fourth-order valence-corrected chi connectivity index (χ4v) is 3.75. The van der Waals surface area contributed by atoms with Crippen molar-refractivity contribution in [3.05, 3.63) is 46.6 Å². The Morgan fingerprint density at radius 3 is 2.61 bits per heavy atom. The van der Waals surface area contributed by atoms with Crippen molar-refractivity contribution in [1.29, 1.82) is 0 Å². The van der Waals surface area contributed by atoms with E-state index in [0.717, 1.165) is 18.6 Å². The van der Waals surface area contributed by atoms with Gasteiger partial charge < -0.3 is 25.4 Å². The number of anilines is 2. The van der Waals surface area contributed by atoms with Gasteiger partial charge in [0.15, 0.2) is 0 Å². The SMILES string of the molecule is O=C(O)NCC1CCN(c2ncc(C(=O)Nc3ccc(OC(F)(F)F)cc3)cc2Br)C1. The number of alkyl halides is 3. The summed E-state index contributed by atoms with van der Waals surface area (Å²) in [6.07, 6.45) is -3.63. The number of hydrogen-bond acceptors (Lipinski definition) is 5. The second-order valence-corrected chi connectivity index (χ2v) is 7.70. The molecule has 1 fully saturated rings. The fraction of sp³-hybridized carbons (Fsp3) is 0.316. The molecule has 1 aliphatic rings. The minimum Gasteiger partial charge on any atom is -0.465 e. The van der Waals surface area contributed by atoms with E-state index in [1.54, 1.807) is 6.07 Å². The van der Waals surface area contributed by atoms with Crippen LogP contribution in [0.15, 0.2) is 41.0 Å². The number of ether oxygens (including phenoxy) is 1. The molecule has 1 atom stereocenters. The molecule has 0 radical (unpaired) electrons. The number of carbonyl (C=O) groups excluding carboxylic acids is 1. The van der Waals surface area contributed by atoms with Gasteiger partial charge in [-0.1, -0.05) is 0 Å². The van der Waals surface area contributed by atoms with Gasteiger partial charge in [0, 0.05) is 31.5 Å². The minimum atomic E-state index is -4.79. The molecule has 12 heteroatoms. The number of pyridine rings is 1. The third kappa shape index (κ3) is 6.48. The van der Waals surface area contributed by atoms with E-state index in [1.807, 2.05) is 4.90 Å². The van der Waals surface area contributed by atoms with Crippen LogP contribution in [0.4, 0.5) is 29.5 Å². The molecule has 0 spiro atoms. The number of amides is 2. The highest BCUT2D eigenvalue weighted by Gasteiger charge is 2.31. The lowest BCUT2D eigenvalue weighted by molar-refractivity contribution is -0.274. The Morgan fingerprint density at radius 1 is 1.29 bits per heavy atom. The molecule has 1 aromatic heterocycles. The van der Waals surface area contributed by atoms with Crippen molar-refractivity contribution >= 4 is 39.4 Å². The van der Waals surface area contributed by atoms with Crippen LogP contribution < -0.4 is 20.3 Å². The zero-order chi connectivity index (χ0) is 22.6. The Kier molecular flexibility index (Phi) is 6.88. The van der Waals surface area contributed by atoms with E-state index >= 15 is 0 Å². The molecular formula is C19H18BrF3N4O4. The molecule has 1 unspecified atom stereocenters. The predicted octanol–water partition coefficient (Wildman–Crippen LogP) is 4.09. The van der Waals surface area contributed by atoms with Crippen LogP contribution >= 0.6 is 15.9 Å². The van der Waals surface area contributed by atoms with Crippen molar-refractivity contribution in [2.75, 3.05) is 29.9 Å². The van der Waals surface area contributed by atoms with Crippen LogP contribution in [0.2, 0.25) is 0 Å². The molecule has 3 N–H and O–H groups in total. The Labute approximate surface area is 183 Å². The minimum absolute atomic E-state index is 0.164. The van der Waals surface area contributed by atoms with Gasteiger partial charge in [0.1, 0.15) is 11.6 Å². The zero-order valence-corrected chi connectivity index (χ0v) is 17.5. The summed E-state index contributed by atoms with van der Waals surface area (Å²) in [7, 11) is 0. The van der Waals surface area contributed by atoms with Crippen LogP contribution in [0.1, 0.15) is 16.8 Å². The van der Waals surface area contributed by atoms with E-state index in [0.29, 0.717) is 35.6 Å². The highest BCUT2D eigenvalue weighted by Crippen LogP contribution is 2.30. The number of benzene rings is 1. The standard InChI is InChI=1S/C19H18BrF3N4O4/c20-15-7-12(9-24-16(15)27-6-5-11(10-27)8-25-18(29)30)17(28)26-13-1-3-14(4-2-13)31-19(21,22)23/h1-4,7,9,11,25H,5-6,8,10H2,(H,26,28)(H,29,30). The van der Waals surface area contributed by atoms with E-state index < -0.39 is 18.4 Å². The smallest absolute Gasteiger partial charge is 0.465 e. The largest absolute Gasteiger partial charge is 0.573 e. The van der Waals surface area contributed by atoms with Crippen LogP contribution in [0.5, 0.6) is 5.75 Å². The maximum Gasteiger partial charge on any atom is 0.573 e. The molecule has 166 valence electrons. The summed E-state index contributed by atoms with van der Waals surface area (Å²) in [5.41, 5.74) is 0.558. The third-order valence-electron chi connectivity index (χ3n) is 4.56. The van der Waals surface area contributed by atoms with Crippen LogP contribution in [0.3, 0.4) is 0 Å². The van der Waals surface area contributed by atoms with Gasteiger partial charge in [-0.3, -0.25) is 4.79 Å². The van der Waals surface area contributed by atoms with Gasteiger partial charge in [-0.15, -0.1) is 13.2 Å². The van der Waals surface area contributed by atoms with Crippen LogP contribution in [-0.4, -0.2) is 48.1 Å². The molecule has 2 aromatic rings. The Balaban J connectivity index is 1.60. The lowest BCUT2D eigenvalue weighted by atomic mass is 10.1. The first-order valence-electron chi connectivity index (χ1n) is 9.15. The molecular weight excluding hydrogens is 485 g/mol. The highest BCUT2D eigenvalue weighted by atomic mass is 79.9. The molecule has 2 heterocycles. The first-order chi connectivity index (χ1) is 14.6. The monoisotopic (exact) mass is 502 g/mol. The van der Waals surface area contributed by atoms with Crippen LogP contribution in [-0.2, 0) is 0 Å². The van der Waals surface area contributed by atoms with Gasteiger partial charge in [0.05, 0.1) is 10.0 Å². The van der Waals surface area contributed by atoms with E-state index in [2.05, 4.69) is 36.3 Å². The summed E-state index contributed by atoms with van der Waals surface area (Å²) in [5.74, 6) is -0.0592. The maximum atomic E-state index is 12.5. The van der Waals surface area contributed by atoms with Crippen molar-refractivity contribution in [3.8, 4) is 5.75 Å². The van der Waals surface area contributed by atoms with Crippen LogP contribution in [0, 0.1) is 5.92 Å². The van der Waals surface area contributed by atoms with Crippen molar-refractivity contribution in [1.82, 2.24) is 10.3 Å². The summed E-state index contributed by atoms with van der Waals surface area (Å²) in [4.78, 5) is 29.4. The van der Waals surface area contributed by atoms with Gasteiger partial charge in [-0.2, -0.15) is 0 Å². The van der Waals surface area contributed by atoms with E-state index in [4.69, 9.17) is 5.11 Å². The van der Waals surface area contributed by atoms with Gasteiger partial charge >= 0.3 is 12.5 Å². The first-order valence-corrected chi connectivity index (χ1v) is 9.94. The Morgan fingerprint density at radius 2 is 2.00 bits per heavy atom. The van der Waals surface area contributed by atoms with Gasteiger partial charge in [-0.25, -0.2) is 9.78 Å². The summed E-state index contributed by atoms with van der Waals surface area (Å²) < 4.78 is 41.0. The summed E-state index contributed by atoms with van der Waals surface area (Å²) in [5, 5.41) is 13.7. The quantitative estimate of drug-likeness (QED) is 0.549. The number of carbonyl (C=O) groups is 2. The lowest BCUT2D eigenvalue weighted by Gasteiger charge is -2.19. The normalized spacial score (nSPS) is 16.1. The molecule has 1 aromatic carbocycles. The molecule has 0 aliphatic carbocycles. The van der Waals surface area contributed by atoms with Crippen LogP contribution in [0.25, 0.3) is 0 Å². The zero-order valence-electron chi connectivity index (χ0n) is 15.9. The molecule has 0 saturated carbocycles. The van der Waals surface area contributed by atoms with Gasteiger partial charge in [0.25, 0.3) is 5.91 Å². The highest BCUT2D eigenvalue weighted by molar-refractivity contribution is 9.10. The number of rotatable bonds is 6. The Hall–Kier alpha value is -3.02. The molecule has 2 amide bonds. The lowest BCUT2D eigenvalue weighted by Crippen LogP contribution is -2.30. The van der Waals surface area contributed by atoms with E-state index in [9.17, 15) is 22.8 Å². The molecule has 3 rings (SSSR count). The summed E-state index contributed by atoms with van der Waals surface area (Å²) in [6.45, 7) is 1.69. The summed E-state index contributed by atoms with van der Waals surface area (Å²) in [6, 6.07) is 6.39. The van der Waals surface area contributed by atoms with Crippen molar-refractivity contribution in [3.63, 3.8) is 0 Å². The van der Waals surface area contributed by atoms with E-state index in [1.165, 1.54) is 18.3 Å². The van der Waals surface area contributed by atoms with Crippen molar-refractivity contribution in [2.45, 2.75) is 12.8 Å². The van der Waals surface area contributed by atoms with E-state index in [-0.39, 0.29) is 17.2 Å². The van der Waals surface area contributed by atoms with Crippen molar-refractivity contribution < 1.29 is 32.6 Å². The molecule has 31 heavy (non-hydrogen) atoms. The number of carboxylic acid groups (broad SMARTS) is 1. The number of hydrogen-bond donors (Lipinski definition) is 3. The maximum absolute atomic E-state index is 12.5. The predicted molar refractivity (Wildman–Crippen MR) is 109 cm³/mol. The second kappa shape index (κ2) is 9.41. The van der Waals surface area contributed by atoms with Crippen molar-refractivity contribution in [2.24, 2.45) is 5.92 Å². The number of aromatic nitrogens is 1. The molecule has 1 aliphatic heterocycles. The topological polar surface area (TPSA) is 104 Å². The van der Waals surface area contributed by atoms with Gasteiger partial charge in [-0.05, 0) is 58.6 Å². The van der Waals surface area contributed by atoms with Gasteiger partial charge in [0.2, 0.25) is 0 Å². The number of halogens is 4. The summed E-state index contributed by atoms with van der Waals surface area (Å²) >= 11 is 3.41. The molecule has 8 nitrogen and oxygen atoms in total.